The van der Waals surface area contributed by atoms with Gasteiger partial charge in [-0.15, -0.1) is 0 Å². The third-order valence-electron chi connectivity index (χ3n) is 4.85. The van der Waals surface area contributed by atoms with E-state index in [1.807, 2.05) is 0 Å². The Bertz CT molecular complexity index is 1000. The van der Waals surface area contributed by atoms with Crippen LogP contribution in [0.1, 0.15) is 42.7 Å². The second-order valence-electron chi connectivity index (χ2n) is 7.70. The molecule has 1 fully saturated rings. The summed E-state index contributed by atoms with van der Waals surface area (Å²) in [5, 5.41) is 5.29. The lowest BCUT2D eigenvalue weighted by molar-refractivity contribution is -0.137. The van der Waals surface area contributed by atoms with E-state index in [1.165, 1.54) is 12.3 Å². The van der Waals surface area contributed by atoms with Crippen LogP contribution in [-0.4, -0.2) is 45.9 Å². The van der Waals surface area contributed by atoms with E-state index in [1.54, 1.807) is 18.7 Å². The Labute approximate surface area is 187 Å². The van der Waals surface area contributed by atoms with Crippen molar-refractivity contribution in [2.24, 2.45) is 5.92 Å². The summed E-state index contributed by atoms with van der Waals surface area (Å²) in [4.78, 5) is 38.1. The van der Waals surface area contributed by atoms with Crippen LogP contribution in [0, 0.1) is 5.92 Å². The number of rotatable bonds is 5. The number of alkyl halides is 3. The van der Waals surface area contributed by atoms with Gasteiger partial charge in [-0.1, -0.05) is 25.4 Å². The van der Waals surface area contributed by atoms with Crippen molar-refractivity contribution in [1.29, 1.82) is 0 Å². The summed E-state index contributed by atoms with van der Waals surface area (Å²) in [6.07, 6.45) is -1.06. The zero-order valence-corrected chi connectivity index (χ0v) is 18.2. The zero-order valence-electron chi connectivity index (χ0n) is 17.4. The summed E-state index contributed by atoms with van der Waals surface area (Å²) in [5.41, 5.74) is -0.834. The molecular formula is C20H22ClF3N6O2. The Balaban J connectivity index is 1.66. The molecule has 2 amide bonds. The number of nitrogens with one attached hydrogen (secondary N) is 2. The molecule has 2 aromatic rings. The first-order valence-electron chi connectivity index (χ1n) is 9.97. The highest BCUT2D eigenvalue weighted by atomic mass is 35.5. The molecule has 12 heteroatoms. The number of hydrogen-bond donors (Lipinski definition) is 2. The summed E-state index contributed by atoms with van der Waals surface area (Å²) in [6, 6.07) is 1.98. The van der Waals surface area contributed by atoms with Gasteiger partial charge in [0.2, 0.25) is 11.9 Å². The molecule has 0 spiro atoms. The number of piperidine rings is 1. The van der Waals surface area contributed by atoms with Gasteiger partial charge in [-0.2, -0.15) is 13.2 Å². The van der Waals surface area contributed by atoms with Gasteiger partial charge in [-0.25, -0.2) is 15.0 Å². The fourth-order valence-corrected chi connectivity index (χ4v) is 3.45. The van der Waals surface area contributed by atoms with Crippen molar-refractivity contribution in [3.8, 4) is 0 Å². The van der Waals surface area contributed by atoms with Crippen LogP contribution in [0.5, 0.6) is 0 Å². The van der Waals surface area contributed by atoms with Gasteiger partial charge < -0.3 is 10.2 Å². The third-order valence-corrected chi connectivity index (χ3v) is 5.13. The van der Waals surface area contributed by atoms with Gasteiger partial charge in [0.25, 0.3) is 5.91 Å². The Morgan fingerprint density at radius 2 is 2.03 bits per heavy atom. The number of hydrogen-bond acceptors (Lipinski definition) is 6. The molecule has 2 aromatic heterocycles. The van der Waals surface area contributed by atoms with Crippen molar-refractivity contribution in [3.63, 3.8) is 0 Å². The highest BCUT2D eigenvalue weighted by Gasteiger charge is 2.32. The van der Waals surface area contributed by atoms with Crippen molar-refractivity contribution < 1.29 is 22.8 Å². The maximum atomic E-state index is 12.9. The number of nitrogens with zero attached hydrogens (tertiary/aromatic N) is 4. The van der Waals surface area contributed by atoms with Crippen molar-refractivity contribution in [2.75, 3.05) is 23.3 Å². The molecule has 3 heterocycles. The Morgan fingerprint density at radius 3 is 2.69 bits per heavy atom. The minimum atomic E-state index is -4.53. The van der Waals surface area contributed by atoms with Gasteiger partial charge in [0.05, 0.1) is 10.6 Å². The predicted octanol–water partition coefficient (Wildman–Crippen LogP) is 3.54. The fraction of sp³-hybridized carbons (Fsp3) is 0.450. The number of halogens is 4. The van der Waals surface area contributed by atoms with Gasteiger partial charge in [0, 0.05) is 37.4 Å². The molecule has 2 N–H and O–H groups in total. The average Bonchev–Trinajstić information content (AvgIpc) is 2.73. The van der Waals surface area contributed by atoms with E-state index in [0.29, 0.717) is 25.9 Å². The van der Waals surface area contributed by atoms with Crippen LogP contribution in [0.25, 0.3) is 0 Å². The standard InChI is InChI=1S/C20H22ClF3N6O2/c1-11(2)17(31)29-19-25-6-5-15(28-19)18(32)27-13-4-3-7-30(10-13)16-14(21)8-12(9-26-16)20(22,23)24/h5-6,8-9,11,13H,3-4,7,10H2,1-2H3,(H,27,32)(H,25,28,29,31)/t13-/m1/s1. The van der Waals surface area contributed by atoms with Gasteiger partial charge >= 0.3 is 6.18 Å². The lowest BCUT2D eigenvalue weighted by Gasteiger charge is -2.34. The first kappa shape index (κ1) is 23.7. The van der Waals surface area contributed by atoms with Gasteiger partial charge in [-0.05, 0) is 25.0 Å². The first-order valence-corrected chi connectivity index (χ1v) is 10.3. The quantitative estimate of drug-likeness (QED) is 0.693. The molecule has 8 nitrogen and oxygen atoms in total. The van der Waals surface area contributed by atoms with E-state index in [0.717, 1.165) is 12.3 Å². The minimum absolute atomic E-state index is 0.0300. The zero-order chi connectivity index (χ0) is 23.5. The summed E-state index contributed by atoms with van der Waals surface area (Å²) in [7, 11) is 0. The van der Waals surface area contributed by atoms with E-state index in [4.69, 9.17) is 11.6 Å². The smallest absolute Gasteiger partial charge is 0.353 e. The molecule has 0 aromatic carbocycles. The first-order chi connectivity index (χ1) is 15.0. The third kappa shape index (κ3) is 5.84. The Kier molecular flexibility index (Phi) is 7.17. The van der Waals surface area contributed by atoms with Crippen LogP contribution >= 0.6 is 11.6 Å². The topological polar surface area (TPSA) is 100 Å². The molecule has 32 heavy (non-hydrogen) atoms. The molecule has 0 bridgehead atoms. The van der Waals surface area contributed by atoms with E-state index in [9.17, 15) is 22.8 Å². The maximum Gasteiger partial charge on any atom is 0.417 e. The van der Waals surface area contributed by atoms with Crippen LogP contribution in [0.4, 0.5) is 24.9 Å². The number of carbonyl (C=O) groups excluding carboxylic acids is 2. The molecule has 1 saturated heterocycles. The van der Waals surface area contributed by atoms with Crippen LogP contribution in [0.15, 0.2) is 24.5 Å². The summed E-state index contributed by atoms with van der Waals surface area (Å²) >= 11 is 6.06. The molecule has 172 valence electrons. The molecule has 1 aliphatic heterocycles. The van der Waals surface area contributed by atoms with Crippen LogP contribution in [0.3, 0.4) is 0 Å². The van der Waals surface area contributed by atoms with Crippen LogP contribution in [-0.2, 0) is 11.0 Å². The minimum Gasteiger partial charge on any atom is -0.353 e. The molecule has 0 aliphatic carbocycles. The Morgan fingerprint density at radius 1 is 1.28 bits per heavy atom. The molecular weight excluding hydrogens is 449 g/mol. The molecule has 1 aliphatic rings. The van der Waals surface area contributed by atoms with Crippen LogP contribution in [0.2, 0.25) is 5.02 Å². The lowest BCUT2D eigenvalue weighted by atomic mass is 10.1. The molecule has 1 atom stereocenters. The SMILES string of the molecule is CC(C)C(=O)Nc1nccc(C(=O)N[C@@H]2CCCN(c3ncc(C(F)(F)F)cc3Cl)C2)n1. The summed E-state index contributed by atoms with van der Waals surface area (Å²) in [6.45, 7) is 4.31. The average molecular weight is 471 g/mol. The molecule has 0 unspecified atom stereocenters. The molecule has 3 rings (SSSR count). The van der Waals surface area contributed by atoms with E-state index >= 15 is 0 Å². The van der Waals surface area contributed by atoms with Crippen molar-refractivity contribution in [3.05, 3.63) is 40.8 Å². The predicted molar refractivity (Wildman–Crippen MR) is 112 cm³/mol. The molecule has 0 saturated carbocycles. The van der Waals surface area contributed by atoms with E-state index < -0.39 is 17.6 Å². The monoisotopic (exact) mass is 470 g/mol. The van der Waals surface area contributed by atoms with Crippen molar-refractivity contribution in [2.45, 2.75) is 38.9 Å². The Hall–Kier alpha value is -2.95. The number of pyridine rings is 1. The second kappa shape index (κ2) is 9.68. The lowest BCUT2D eigenvalue weighted by Crippen LogP contribution is -2.48. The van der Waals surface area contributed by atoms with Crippen molar-refractivity contribution in [1.82, 2.24) is 20.3 Å². The van der Waals surface area contributed by atoms with Gasteiger partial charge in [0.15, 0.2) is 0 Å². The number of amides is 2. The summed E-state index contributed by atoms with van der Waals surface area (Å²) < 4.78 is 38.6. The normalized spacial score (nSPS) is 16.7. The largest absolute Gasteiger partial charge is 0.417 e. The van der Waals surface area contributed by atoms with Crippen molar-refractivity contribution >= 4 is 35.2 Å². The number of anilines is 2. The van der Waals surface area contributed by atoms with Gasteiger partial charge in [-0.3, -0.25) is 14.9 Å². The molecule has 0 radical (unpaired) electrons. The van der Waals surface area contributed by atoms with Crippen LogP contribution < -0.4 is 15.5 Å². The van der Waals surface area contributed by atoms with E-state index in [2.05, 4.69) is 25.6 Å². The summed E-state index contributed by atoms with van der Waals surface area (Å²) in [5.74, 6) is -0.728. The van der Waals surface area contributed by atoms with Gasteiger partial charge in [0.1, 0.15) is 11.5 Å². The number of aromatic nitrogens is 3. The number of carbonyl (C=O) groups is 2. The highest BCUT2D eigenvalue weighted by molar-refractivity contribution is 6.33. The maximum absolute atomic E-state index is 12.9. The highest BCUT2D eigenvalue weighted by Crippen LogP contribution is 2.34. The second-order valence-corrected chi connectivity index (χ2v) is 8.10. The van der Waals surface area contributed by atoms with E-state index in [-0.39, 0.29) is 40.3 Å². The fourth-order valence-electron chi connectivity index (χ4n) is 3.17.